The van der Waals surface area contributed by atoms with E-state index in [4.69, 9.17) is 9.47 Å². The van der Waals surface area contributed by atoms with Crippen LogP contribution in [0.15, 0.2) is 24.3 Å². The summed E-state index contributed by atoms with van der Waals surface area (Å²) < 4.78 is 11.0. The Morgan fingerprint density at radius 1 is 1.58 bits per heavy atom. The van der Waals surface area contributed by atoms with Crippen molar-refractivity contribution in [1.29, 1.82) is 0 Å². The molecular weight excluding hydrogens is 244 g/mol. The Balaban J connectivity index is 2.05. The van der Waals surface area contributed by atoms with Gasteiger partial charge in [0.05, 0.1) is 26.8 Å². The maximum Gasteiger partial charge on any atom is 0.236 e. The van der Waals surface area contributed by atoms with Crippen molar-refractivity contribution in [2.45, 2.75) is 6.10 Å². The van der Waals surface area contributed by atoms with E-state index in [1.54, 1.807) is 14.2 Å². The Bertz CT molecular complexity index is 436. The van der Waals surface area contributed by atoms with Crippen molar-refractivity contribution in [2.24, 2.45) is 0 Å². The van der Waals surface area contributed by atoms with Gasteiger partial charge in [0.2, 0.25) is 5.91 Å². The maximum atomic E-state index is 11.9. The molecule has 5 nitrogen and oxygen atoms in total. The summed E-state index contributed by atoms with van der Waals surface area (Å²) in [5, 5.41) is 2.89. The Labute approximate surface area is 113 Å². The van der Waals surface area contributed by atoms with Gasteiger partial charge in [-0.3, -0.25) is 4.79 Å². The second kappa shape index (κ2) is 6.54. The van der Waals surface area contributed by atoms with E-state index < -0.39 is 0 Å². The number of likely N-dealkylation sites (N-methyl/N-ethyl adjacent to an activating group) is 1. The molecule has 1 aliphatic rings. The number of ether oxygens (including phenoxy) is 2. The number of methoxy groups -OCH3 is 1. The van der Waals surface area contributed by atoms with Crippen LogP contribution in [0.4, 0.5) is 0 Å². The highest BCUT2D eigenvalue weighted by atomic mass is 16.5. The van der Waals surface area contributed by atoms with E-state index in [2.05, 4.69) is 5.32 Å². The number of carbonyl (C=O) groups excluding carboxylic acids is 1. The smallest absolute Gasteiger partial charge is 0.236 e. The highest BCUT2D eigenvalue weighted by molar-refractivity contribution is 5.78. The Morgan fingerprint density at radius 3 is 3.16 bits per heavy atom. The highest BCUT2D eigenvalue weighted by Crippen LogP contribution is 2.25. The molecule has 5 heteroatoms. The largest absolute Gasteiger partial charge is 0.497 e. The predicted molar refractivity (Wildman–Crippen MR) is 72.2 cm³/mol. The van der Waals surface area contributed by atoms with Crippen LogP contribution in [0.25, 0.3) is 0 Å². The van der Waals surface area contributed by atoms with Crippen LogP contribution in [0.2, 0.25) is 0 Å². The van der Waals surface area contributed by atoms with Gasteiger partial charge in [0.25, 0.3) is 0 Å². The van der Waals surface area contributed by atoms with Crippen molar-refractivity contribution in [3.63, 3.8) is 0 Å². The second-order valence-electron chi connectivity index (χ2n) is 4.51. The molecule has 0 radical (unpaired) electrons. The van der Waals surface area contributed by atoms with Crippen molar-refractivity contribution >= 4 is 5.91 Å². The van der Waals surface area contributed by atoms with E-state index in [0.717, 1.165) is 11.3 Å². The van der Waals surface area contributed by atoms with Crippen molar-refractivity contribution in [3.8, 4) is 5.75 Å². The lowest BCUT2D eigenvalue weighted by Gasteiger charge is -2.33. The van der Waals surface area contributed by atoms with Gasteiger partial charge < -0.3 is 19.7 Å². The van der Waals surface area contributed by atoms with Gasteiger partial charge in [0.15, 0.2) is 0 Å². The molecule has 19 heavy (non-hydrogen) atoms. The molecule has 1 unspecified atom stereocenters. The van der Waals surface area contributed by atoms with Crippen LogP contribution < -0.4 is 10.1 Å². The fourth-order valence-electron chi connectivity index (χ4n) is 2.18. The van der Waals surface area contributed by atoms with Crippen LogP contribution in [-0.4, -0.2) is 51.2 Å². The minimum Gasteiger partial charge on any atom is -0.497 e. The third-order valence-corrected chi connectivity index (χ3v) is 3.21. The highest BCUT2D eigenvalue weighted by Gasteiger charge is 2.25. The standard InChI is InChI=1S/C14H20N2O3/c1-15-9-14(17)16-6-7-19-13(10-16)11-4-3-5-12(8-11)18-2/h3-5,8,13,15H,6-7,9-10H2,1-2H3. The molecule has 0 aliphatic carbocycles. The van der Waals surface area contributed by atoms with E-state index in [9.17, 15) is 4.79 Å². The maximum absolute atomic E-state index is 11.9. The van der Waals surface area contributed by atoms with Crippen LogP contribution in [0.1, 0.15) is 11.7 Å². The minimum absolute atomic E-state index is 0.0790. The number of nitrogens with one attached hydrogen (secondary N) is 1. The average Bonchev–Trinajstić information content (AvgIpc) is 2.48. The first-order valence-corrected chi connectivity index (χ1v) is 6.42. The number of rotatable bonds is 4. The van der Waals surface area contributed by atoms with Crippen molar-refractivity contribution in [3.05, 3.63) is 29.8 Å². The number of amides is 1. The van der Waals surface area contributed by atoms with Crippen molar-refractivity contribution < 1.29 is 14.3 Å². The Hall–Kier alpha value is -1.59. The lowest BCUT2D eigenvalue weighted by Crippen LogP contribution is -2.45. The zero-order valence-corrected chi connectivity index (χ0v) is 11.4. The minimum atomic E-state index is -0.0790. The number of carbonyl (C=O) groups is 1. The molecule has 1 aromatic rings. The van der Waals surface area contributed by atoms with Crippen LogP contribution in [0.5, 0.6) is 5.75 Å². The molecule has 1 saturated heterocycles. The van der Waals surface area contributed by atoms with Gasteiger partial charge in [0, 0.05) is 6.54 Å². The summed E-state index contributed by atoms with van der Waals surface area (Å²) >= 11 is 0. The summed E-state index contributed by atoms with van der Waals surface area (Å²) in [5.74, 6) is 0.915. The molecular formula is C14H20N2O3. The molecule has 1 aromatic carbocycles. The van der Waals surface area contributed by atoms with Gasteiger partial charge >= 0.3 is 0 Å². The molecule has 1 heterocycles. The summed E-state index contributed by atoms with van der Waals surface area (Å²) in [6.45, 7) is 2.18. The summed E-state index contributed by atoms with van der Waals surface area (Å²) in [6, 6.07) is 7.79. The molecule has 0 spiro atoms. The van der Waals surface area contributed by atoms with Gasteiger partial charge in [-0.15, -0.1) is 0 Å². The third-order valence-electron chi connectivity index (χ3n) is 3.21. The molecule has 1 amide bonds. The zero-order chi connectivity index (χ0) is 13.7. The lowest BCUT2D eigenvalue weighted by atomic mass is 10.1. The third kappa shape index (κ3) is 3.45. The van der Waals surface area contributed by atoms with E-state index in [-0.39, 0.29) is 12.0 Å². The van der Waals surface area contributed by atoms with E-state index >= 15 is 0 Å². The molecule has 1 aliphatic heterocycles. The van der Waals surface area contributed by atoms with Crippen molar-refractivity contribution in [1.82, 2.24) is 10.2 Å². The number of benzene rings is 1. The quantitative estimate of drug-likeness (QED) is 0.874. The summed E-state index contributed by atoms with van der Waals surface area (Å²) in [7, 11) is 3.42. The Kier molecular flexibility index (Phi) is 4.76. The molecule has 0 aromatic heterocycles. The normalized spacial score (nSPS) is 19.3. The fourth-order valence-corrected chi connectivity index (χ4v) is 2.18. The SMILES string of the molecule is CNCC(=O)N1CCOC(c2cccc(OC)c2)C1. The van der Waals surface area contributed by atoms with Crippen molar-refractivity contribution in [2.75, 3.05) is 40.4 Å². The zero-order valence-electron chi connectivity index (χ0n) is 11.4. The molecule has 1 N–H and O–H groups in total. The first-order chi connectivity index (χ1) is 9.24. The van der Waals surface area contributed by atoms with Crippen LogP contribution in [0.3, 0.4) is 0 Å². The topological polar surface area (TPSA) is 50.8 Å². The number of hydrogen-bond donors (Lipinski definition) is 1. The first kappa shape index (κ1) is 13.8. The molecule has 0 bridgehead atoms. The van der Waals surface area contributed by atoms with Crippen LogP contribution in [0, 0.1) is 0 Å². The number of nitrogens with zero attached hydrogens (tertiary/aromatic N) is 1. The van der Waals surface area contributed by atoms with E-state index in [1.807, 2.05) is 29.2 Å². The van der Waals surface area contributed by atoms with Gasteiger partial charge in [-0.05, 0) is 24.7 Å². The van der Waals surface area contributed by atoms with E-state index in [1.165, 1.54) is 0 Å². The first-order valence-electron chi connectivity index (χ1n) is 6.42. The summed E-state index contributed by atoms with van der Waals surface area (Å²) in [6.07, 6.45) is -0.0790. The monoisotopic (exact) mass is 264 g/mol. The van der Waals surface area contributed by atoms with Gasteiger partial charge in [-0.1, -0.05) is 12.1 Å². The molecule has 1 atom stereocenters. The van der Waals surface area contributed by atoms with Crippen LogP contribution >= 0.6 is 0 Å². The average molecular weight is 264 g/mol. The number of hydrogen-bond acceptors (Lipinski definition) is 4. The number of morpholine rings is 1. The molecule has 1 fully saturated rings. The molecule has 2 rings (SSSR count). The Morgan fingerprint density at radius 2 is 2.42 bits per heavy atom. The van der Waals surface area contributed by atoms with Gasteiger partial charge in [-0.2, -0.15) is 0 Å². The summed E-state index contributed by atoms with van der Waals surface area (Å²) in [4.78, 5) is 13.7. The van der Waals surface area contributed by atoms with Gasteiger partial charge in [-0.25, -0.2) is 0 Å². The predicted octanol–water partition coefficient (Wildman–Crippen LogP) is 0.814. The van der Waals surface area contributed by atoms with E-state index in [0.29, 0.717) is 26.2 Å². The fraction of sp³-hybridized carbons (Fsp3) is 0.500. The molecule has 104 valence electrons. The lowest BCUT2D eigenvalue weighted by molar-refractivity contribution is -0.137. The molecule has 0 saturated carbocycles. The summed E-state index contributed by atoms with van der Waals surface area (Å²) in [5.41, 5.74) is 1.04. The van der Waals surface area contributed by atoms with Crippen LogP contribution in [-0.2, 0) is 9.53 Å². The second-order valence-corrected chi connectivity index (χ2v) is 4.51. The van der Waals surface area contributed by atoms with Gasteiger partial charge in [0.1, 0.15) is 11.9 Å².